The van der Waals surface area contributed by atoms with Crippen molar-refractivity contribution in [2.75, 3.05) is 39.8 Å². The lowest BCUT2D eigenvalue weighted by Crippen LogP contribution is -2.57. The number of ether oxygens (including phenoxy) is 1. The number of benzene rings is 1. The van der Waals surface area contributed by atoms with E-state index in [9.17, 15) is 9.59 Å². The highest BCUT2D eigenvalue weighted by Gasteiger charge is 2.61. The molecule has 0 bridgehead atoms. The lowest BCUT2D eigenvalue weighted by atomic mass is 9.74. The number of piperidine rings is 1. The number of carbonyl (C=O) groups excluding carboxylic acids is 2. The number of likely N-dealkylation sites (tertiary alicyclic amines) is 3. The molecule has 3 saturated heterocycles. The van der Waals surface area contributed by atoms with Crippen molar-refractivity contribution in [3.8, 4) is 5.75 Å². The molecule has 4 heterocycles. The number of methoxy groups -OCH3 is 1. The quantitative estimate of drug-likeness (QED) is 0.704. The molecule has 0 aliphatic carbocycles. The normalized spacial score (nSPS) is 24.4. The Bertz CT molecular complexity index is 1020. The predicted molar refractivity (Wildman–Crippen MR) is 125 cm³/mol. The number of rotatable bonds is 5. The Morgan fingerprint density at radius 3 is 2.70 bits per heavy atom. The molecule has 2 atom stereocenters. The number of pyridine rings is 1. The predicted octanol–water partition coefficient (Wildman–Crippen LogP) is 2.68. The minimum atomic E-state index is -0.147. The summed E-state index contributed by atoms with van der Waals surface area (Å²) in [5.41, 5.74) is 1.69. The topological polar surface area (TPSA) is 66.0 Å². The first kappa shape index (κ1) is 21.9. The van der Waals surface area contributed by atoms with Crippen LogP contribution >= 0.6 is 0 Å². The van der Waals surface area contributed by atoms with Gasteiger partial charge in [0.15, 0.2) is 0 Å². The highest BCUT2D eigenvalue weighted by Crippen LogP contribution is 2.49. The van der Waals surface area contributed by atoms with Crippen LogP contribution in [0, 0.1) is 11.8 Å². The van der Waals surface area contributed by atoms with Crippen LogP contribution in [0.25, 0.3) is 0 Å². The molecule has 7 heteroatoms. The Hall–Kier alpha value is -2.93. The van der Waals surface area contributed by atoms with E-state index in [2.05, 4.69) is 27.8 Å². The van der Waals surface area contributed by atoms with E-state index in [1.165, 1.54) is 5.56 Å². The molecule has 1 aromatic carbocycles. The first-order chi connectivity index (χ1) is 16.1. The number of hydrogen-bond donors (Lipinski definition) is 0. The molecule has 3 fully saturated rings. The molecule has 3 aliphatic rings. The van der Waals surface area contributed by atoms with Crippen LogP contribution in [0.1, 0.15) is 35.7 Å². The fourth-order valence-corrected chi connectivity index (χ4v) is 6.33. The van der Waals surface area contributed by atoms with Gasteiger partial charge in [-0.25, -0.2) is 0 Å². The molecule has 3 aliphatic heterocycles. The zero-order valence-corrected chi connectivity index (χ0v) is 19.4. The van der Waals surface area contributed by atoms with Crippen molar-refractivity contribution >= 4 is 11.8 Å². The zero-order valence-electron chi connectivity index (χ0n) is 19.4. The highest BCUT2D eigenvalue weighted by molar-refractivity contribution is 5.94. The zero-order chi connectivity index (χ0) is 23.0. The maximum absolute atomic E-state index is 13.4. The third-order valence-corrected chi connectivity index (χ3v) is 7.88. The summed E-state index contributed by atoms with van der Waals surface area (Å²) in [6.45, 7) is 6.73. The summed E-state index contributed by atoms with van der Waals surface area (Å²) in [5, 5.41) is 0. The fraction of sp³-hybridized carbons (Fsp3) is 0.500. The molecule has 5 rings (SSSR count). The van der Waals surface area contributed by atoms with Gasteiger partial charge in [-0.1, -0.05) is 12.1 Å². The van der Waals surface area contributed by atoms with E-state index in [1.807, 2.05) is 35.4 Å². The molecule has 1 spiro atoms. The standard InChI is InChI=1S/C26H32N4O3/c1-3-30-25(32)22-17-28(16-19-6-5-11-27-15-19)18-23(22)26(30)9-12-29(13-10-26)24(31)20-7-4-8-21(14-20)33-2/h4-8,11,14-15,22-23H,3,9-10,12-13,16-18H2,1-2H3/t22-,23+/m1/s1. The van der Waals surface area contributed by atoms with Gasteiger partial charge in [-0.15, -0.1) is 0 Å². The van der Waals surface area contributed by atoms with Crippen LogP contribution in [0.5, 0.6) is 5.75 Å². The summed E-state index contributed by atoms with van der Waals surface area (Å²) in [6, 6.07) is 11.4. The molecule has 0 N–H and O–H groups in total. The lowest BCUT2D eigenvalue weighted by molar-refractivity contribution is -0.135. The Morgan fingerprint density at radius 1 is 1.18 bits per heavy atom. The second kappa shape index (κ2) is 8.78. The van der Waals surface area contributed by atoms with E-state index in [0.717, 1.165) is 39.0 Å². The number of amides is 2. The molecular formula is C26H32N4O3. The molecular weight excluding hydrogens is 416 g/mol. The molecule has 0 unspecified atom stereocenters. The summed E-state index contributed by atoms with van der Waals surface area (Å²) in [7, 11) is 1.61. The van der Waals surface area contributed by atoms with Gasteiger partial charge in [0.1, 0.15) is 5.75 Å². The van der Waals surface area contributed by atoms with Gasteiger partial charge >= 0.3 is 0 Å². The SMILES string of the molecule is CCN1C(=O)[C@@H]2CN(Cc3cccnc3)C[C@@H]2C12CCN(C(=O)c1cccc(OC)c1)CC2. The first-order valence-electron chi connectivity index (χ1n) is 11.9. The van der Waals surface area contributed by atoms with Crippen molar-refractivity contribution in [2.45, 2.75) is 31.8 Å². The van der Waals surface area contributed by atoms with E-state index in [0.29, 0.717) is 36.2 Å². The van der Waals surface area contributed by atoms with Gasteiger partial charge in [-0.05, 0) is 49.6 Å². The fourth-order valence-electron chi connectivity index (χ4n) is 6.33. The smallest absolute Gasteiger partial charge is 0.253 e. The Balaban J connectivity index is 1.31. The van der Waals surface area contributed by atoms with Crippen LogP contribution in [0.15, 0.2) is 48.8 Å². The van der Waals surface area contributed by atoms with Gasteiger partial charge in [0.25, 0.3) is 5.91 Å². The van der Waals surface area contributed by atoms with Crippen LogP contribution in [-0.2, 0) is 11.3 Å². The average Bonchev–Trinajstić information content (AvgIpc) is 3.36. The minimum Gasteiger partial charge on any atom is -0.497 e. The molecule has 1 aromatic heterocycles. The number of aromatic nitrogens is 1. The molecule has 0 saturated carbocycles. The van der Waals surface area contributed by atoms with Crippen molar-refractivity contribution in [3.05, 3.63) is 59.9 Å². The largest absolute Gasteiger partial charge is 0.497 e. The summed E-state index contributed by atoms with van der Waals surface area (Å²) in [4.78, 5) is 37.3. The summed E-state index contributed by atoms with van der Waals surface area (Å²) < 4.78 is 5.29. The third-order valence-electron chi connectivity index (χ3n) is 7.88. The van der Waals surface area contributed by atoms with E-state index in [1.54, 1.807) is 19.4 Å². The van der Waals surface area contributed by atoms with E-state index < -0.39 is 0 Å². The highest BCUT2D eigenvalue weighted by atomic mass is 16.5. The Labute approximate surface area is 195 Å². The second-order valence-electron chi connectivity index (χ2n) is 9.48. The van der Waals surface area contributed by atoms with Crippen molar-refractivity contribution in [1.82, 2.24) is 19.7 Å². The summed E-state index contributed by atoms with van der Waals surface area (Å²) in [5.74, 6) is 1.40. The van der Waals surface area contributed by atoms with Crippen LogP contribution < -0.4 is 4.74 Å². The van der Waals surface area contributed by atoms with Gasteiger partial charge in [0.05, 0.1) is 18.6 Å². The average molecular weight is 449 g/mol. The third kappa shape index (κ3) is 3.78. The molecule has 2 amide bonds. The number of hydrogen-bond acceptors (Lipinski definition) is 5. The second-order valence-corrected chi connectivity index (χ2v) is 9.48. The van der Waals surface area contributed by atoms with Crippen LogP contribution in [0.3, 0.4) is 0 Å². The van der Waals surface area contributed by atoms with E-state index in [4.69, 9.17) is 4.74 Å². The summed E-state index contributed by atoms with van der Waals surface area (Å²) >= 11 is 0. The first-order valence-corrected chi connectivity index (χ1v) is 11.9. The van der Waals surface area contributed by atoms with Gasteiger partial charge in [0, 0.05) is 63.1 Å². The van der Waals surface area contributed by atoms with Crippen molar-refractivity contribution in [3.63, 3.8) is 0 Å². The van der Waals surface area contributed by atoms with E-state index >= 15 is 0 Å². The van der Waals surface area contributed by atoms with E-state index in [-0.39, 0.29) is 17.4 Å². The Morgan fingerprint density at radius 2 is 2.00 bits per heavy atom. The lowest BCUT2D eigenvalue weighted by Gasteiger charge is -2.47. The molecule has 2 aromatic rings. The summed E-state index contributed by atoms with van der Waals surface area (Å²) in [6.07, 6.45) is 5.38. The van der Waals surface area contributed by atoms with Gasteiger partial charge in [-0.3, -0.25) is 19.5 Å². The molecule has 7 nitrogen and oxygen atoms in total. The molecule has 174 valence electrons. The van der Waals surface area contributed by atoms with Crippen molar-refractivity contribution in [2.24, 2.45) is 11.8 Å². The van der Waals surface area contributed by atoms with Crippen molar-refractivity contribution < 1.29 is 14.3 Å². The number of carbonyl (C=O) groups is 2. The van der Waals surface area contributed by atoms with Crippen LogP contribution in [-0.4, -0.2) is 76.9 Å². The van der Waals surface area contributed by atoms with Crippen molar-refractivity contribution in [1.29, 1.82) is 0 Å². The monoisotopic (exact) mass is 448 g/mol. The maximum Gasteiger partial charge on any atom is 0.253 e. The van der Waals surface area contributed by atoms with Crippen LogP contribution in [0.4, 0.5) is 0 Å². The number of nitrogens with zero attached hydrogens (tertiary/aromatic N) is 4. The maximum atomic E-state index is 13.4. The Kier molecular flexibility index (Phi) is 5.83. The van der Waals surface area contributed by atoms with Crippen LogP contribution in [0.2, 0.25) is 0 Å². The van der Waals surface area contributed by atoms with Gasteiger partial charge in [-0.2, -0.15) is 0 Å². The minimum absolute atomic E-state index is 0.0392. The van der Waals surface area contributed by atoms with Gasteiger partial charge < -0.3 is 14.5 Å². The van der Waals surface area contributed by atoms with Gasteiger partial charge in [0.2, 0.25) is 5.91 Å². The molecule has 0 radical (unpaired) electrons. The molecule has 33 heavy (non-hydrogen) atoms. The number of fused-ring (bicyclic) bond motifs is 2.